The molecule has 8 nitrogen and oxygen atoms in total. The molecule has 0 N–H and O–H groups in total. The molecule has 0 aliphatic carbocycles. The number of methoxy groups -OCH3 is 2. The fourth-order valence-electron chi connectivity index (χ4n) is 4.92. The van der Waals surface area contributed by atoms with Crippen molar-refractivity contribution >= 4 is 27.3 Å². The minimum Gasteiger partial charge on any atom is -0.493 e. The molecule has 1 aliphatic heterocycles. The van der Waals surface area contributed by atoms with E-state index in [1.165, 1.54) is 10.7 Å². The van der Waals surface area contributed by atoms with E-state index in [1.807, 2.05) is 35.7 Å². The highest BCUT2D eigenvalue weighted by Gasteiger charge is 2.30. The predicted molar refractivity (Wildman–Crippen MR) is 161 cm³/mol. The standard InChI is InChI=1S/C30H46N2O6S2/c1-4-5-6-7-8-9-20-40(34,35)32(22-26-12-10-18-38-26)24-30(33)31(23-27-13-11-19-39-27)17-16-25-14-15-28(36-2)29(21-25)37-3/h11,13-15,19,21,26H,4-10,12,16-18,20,22-24H2,1-3H3. The Balaban J connectivity index is 1.71. The van der Waals surface area contributed by atoms with E-state index in [-0.39, 0.29) is 30.9 Å². The van der Waals surface area contributed by atoms with Crippen molar-refractivity contribution in [2.45, 2.75) is 77.4 Å². The molecule has 0 spiro atoms. The highest BCUT2D eigenvalue weighted by Crippen LogP contribution is 2.28. The fraction of sp³-hybridized carbons (Fsp3) is 0.633. The summed E-state index contributed by atoms with van der Waals surface area (Å²) in [5, 5.41) is 1.99. The number of hydrogen-bond acceptors (Lipinski definition) is 7. The lowest BCUT2D eigenvalue weighted by Crippen LogP contribution is -2.46. The average molecular weight is 595 g/mol. The molecule has 1 saturated heterocycles. The zero-order chi connectivity index (χ0) is 28.8. The van der Waals surface area contributed by atoms with Crippen LogP contribution in [-0.2, 0) is 32.5 Å². The molecule has 1 aliphatic rings. The lowest BCUT2D eigenvalue weighted by molar-refractivity contribution is -0.132. The monoisotopic (exact) mass is 594 g/mol. The van der Waals surface area contributed by atoms with Crippen LogP contribution in [0.3, 0.4) is 0 Å². The second-order valence-electron chi connectivity index (χ2n) is 10.3. The lowest BCUT2D eigenvalue weighted by atomic mass is 10.1. The number of ether oxygens (including phenoxy) is 3. The average Bonchev–Trinajstić information content (AvgIpc) is 3.67. The Morgan fingerprint density at radius 2 is 1.85 bits per heavy atom. The lowest BCUT2D eigenvalue weighted by Gasteiger charge is -2.28. The van der Waals surface area contributed by atoms with Gasteiger partial charge in [-0.05, 0) is 54.8 Å². The zero-order valence-corrected chi connectivity index (χ0v) is 25.9. The quantitative estimate of drug-likeness (QED) is 0.200. The Morgan fingerprint density at radius 3 is 2.52 bits per heavy atom. The molecule has 0 radical (unpaired) electrons. The summed E-state index contributed by atoms with van der Waals surface area (Å²) in [7, 11) is -0.400. The van der Waals surface area contributed by atoms with Crippen LogP contribution < -0.4 is 9.47 Å². The minimum atomic E-state index is -3.60. The second kappa shape index (κ2) is 17.0. The van der Waals surface area contributed by atoms with Gasteiger partial charge in [-0.25, -0.2) is 8.42 Å². The second-order valence-corrected chi connectivity index (χ2v) is 13.5. The number of carbonyl (C=O) groups excluding carboxylic acids is 1. The van der Waals surface area contributed by atoms with E-state index in [9.17, 15) is 13.2 Å². The van der Waals surface area contributed by atoms with Crippen molar-refractivity contribution in [3.63, 3.8) is 0 Å². The van der Waals surface area contributed by atoms with E-state index in [2.05, 4.69) is 6.92 Å². The molecule has 1 fully saturated rings. The summed E-state index contributed by atoms with van der Waals surface area (Å²) >= 11 is 1.59. The van der Waals surface area contributed by atoms with Crippen molar-refractivity contribution in [2.24, 2.45) is 0 Å². The molecular formula is C30H46N2O6S2. The molecular weight excluding hydrogens is 548 g/mol. The number of hydrogen-bond donors (Lipinski definition) is 0. The smallest absolute Gasteiger partial charge is 0.238 e. The molecule has 1 unspecified atom stereocenters. The van der Waals surface area contributed by atoms with Gasteiger partial charge in [0.15, 0.2) is 11.5 Å². The van der Waals surface area contributed by atoms with Gasteiger partial charge in [0.05, 0.1) is 39.2 Å². The van der Waals surface area contributed by atoms with Crippen LogP contribution in [-0.4, -0.2) is 75.8 Å². The van der Waals surface area contributed by atoms with Gasteiger partial charge in [-0.15, -0.1) is 11.3 Å². The van der Waals surface area contributed by atoms with E-state index >= 15 is 0 Å². The zero-order valence-electron chi connectivity index (χ0n) is 24.3. The molecule has 224 valence electrons. The maximum absolute atomic E-state index is 13.7. The van der Waals surface area contributed by atoms with Crippen LogP contribution in [0.2, 0.25) is 0 Å². The molecule has 2 heterocycles. The first-order chi connectivity index (χ1) is 19.4. The third-order valence-corrected chi connectivity index (χ3v) is 10.0. The molecule has 1 atom stereocenters. The van der Waals surface area contributed by atoms with Crippen LogP contribution in [0.4, 0.5) is 0 Å². The largest absolute Gasteiger partial charge is 0.493 e. The SMILES string of the molecule is CCCCCCCCS(=O)(=O)N(CC(=O)N(CCc1ccc(OC)c(OC)c1)Cc1cccs1)CC1CCCO1. The van der Waals surface area contributed by atoms with Crippen molar-refractivity contribution in [3.05, 3.63) is 46.2 Å². The summed E-state index contributed by atoms with van der Waals surface area (Å²) in [5.41, 5.74) is 1.01. The Hall–Kier alpha value is -2.14. The molecule has 1 amide bonds. The number of amides is 1. The summed E-state index contributed by atoms with van der Waals surface area (Å²) in [4.78, 5) is 16.6. The number of benzene rings is 1. The fourth-order valence-corrected chi connectivity index (χ4v) is 7.17. The van der Waals surface area contributed by atoms with Gasteiger partial charge in [-0.2, -0.15) is 4.31 Å². The number of rotatable bonds is 19. The molecule has 1 aromatic heterocycles. The first-order valence-electron chi connectivity index (χ1n) is 14.5. The van der Waals surface area contributed by atoms with E-state index < -0.39 is 10.0 Å². The number of thiophene rings is 1. The molecule has 10 heteroatoms. The Kier molecular flexibility index (Phi) is 13.7. The third kappa shape index (κ3) is 10.4. The first kappa shape index (κ1) is 32.4. The Bertz CT molecular complexity index is 1120. The third-order valence-electron chi connectivity index (χ3n) is 7.29. The predicted octanol–water partition coefficient (Wildman–Crippen LogP) is 5.51. The summed E-state index contributed by atoms with van der Waals surface area (Å²) in [5.74, 6) is 1.16. The maximum Gasteiger partial charge on any atom is 0.238 e. The summed E-state index contributed by atoms with van der Waals surface area (Å²) in [6.07, 6.45) is 8.18. The molecule has 0 saturated carbocycles. The number of unbranched alkanes of at least 4 members (excludes halogenated alkanes) is 5. The van der Waals surface area contributed by atoms with Gasteiger partial charge in [-0.3, -0.25) is 4.79 Å². The van der Waals surface area contributed by atoms with Gasteiger partial charge < -0.3 is 19.1 Å². The first-order valence-corrected chi connectivity index (χ1v) is 17.0. The van der Waals surface area contributed by atoms with Crippen molar-refractivity contribution in [1.29, 1.82) is 0 Å². The maximum atomic E-state index is 13.7. The highest BCUT2D eigenvalue weighted by atomic mass is 32.2. The highest BCUT2D eigenvalue weighted by molar-refractivity contribution is 7.89. The van der Waals surface area contributed by atoms with E-state index in [1.54, 1.807) is 30.5 Å². The topological polar surface area (TPSA) is 85.4 Å². The molecule has 40 heavy (non-hydrogen) atoms. The van der Waals surface area contributed by atoms with Crippen molar-refractivity contribution in [2.75, 3.05) is 46.2 Å². The van der Waals surface area contributed by atoms with E-state index in [0.29, 0.717) is 44.0 Å². The number of sulfonamides is 1. The van der Waals surface area contributed by atoms with Crippen molar-refractivity contribution in [3.8, 4) is 11.5 Å². The van der Waals surface area contributed by atoms with Crippen LogP contribution in [0.25, 0.3) is 0 Å². The minimum absolute atomic E-state index is 0.0652. The van der Waals surface area contributed by atoms with Gasteiger partial charge in [0.2, 0.25) is 15.9 Å². The number of carbonyl (C=O) groups is 1. The number of nitrogens with zero attached hydrogens (tertiary/aromatic N) is 2. The Morgan fingerprint density at radius 1 is 1.07 bits per heavy atom. The van der Waals surface area contributed by atoms with Crippen molar-refractivity contribution < 1.29 is 27.4 Å². The van der Waals surface area contributed by atoms with E-state index in [4.69, 9.17) is 14.2 Å². The summed E-state index contributed by atoms with van der Waals surface area (Å²) in [6, 6.07) is 9.70. The van der Waals surface area contributed by atoms with Crippen LogP contribution in [0.15, 0.2) is 35.7 Å². The Labute approximate surface area is 244 Å². The molecule has 2 aromatic rings. The van der Waals surface area contributed by atoms with Crippen LogP contribution in [0.1, 0.15) is 68.7 Å². The van der Waals surface area contributed by atoms with Gasteiger partial charge in [0.1, 0.15) is 0 Å². The van der Waals surface area contributed by atoms with Crippen LogP contribution in [0.5, 0.6) is 11.5 Å². The summed E-state index contributed by atoms with van der Waals surface area (Å²) in [6.45, 7) is 3.76. The summed E-state index contributed by atoms with van der Waals surface area (Å²) < 4.78 is 44.9. The van der Waals surface area contributed by atoms with Gasteiger partial charge in [0.25, 0.3) is 0 Å². The van der Waals surface area contributed by atoms with Crippen LogP contribution >= 0.6 is 11.3 Å². The van der Waals surface area contributed by atoms with Gasteiger partial charge >= 0.3 is 0 Å². The molecule has 1 aromatic carbocycles. The normalized spacial score (nSPS) is 15.4. The van der Waals surface area contributed by atoms with Crippen molar-refractivity contribution in [1.82, 2.24) is 9.21 Å². The molecule has 0 bridgehead atoms. The van der Waals surface area contributed by atoms with Gasteiger partial charge in [0, 0.05) is 24.6 Å². The molecule has 3 rings (SSSR count). The van der Waals surface area contributed by atoms with E-state index in [0.717, 1.165) is 49.0 Å². The van der Waals surface area contributed by atoms with Gasteiger partial charge in [-0.1, -0.05) is 51.2 Å². The van der Waals surface area contributed by atoms with Crippen LogP contribution in [0, 0.1) is 0 Å².